The Morgan fingerprint density at radius 2 is 1.52 bits per heavy atom. The van der Waals surface area contributed by atoms with E-state index in [4.69, 9.17) is 11.6 Å². The van der Waals surface area contributed by atoms with Gasteiger partial charge in [-0.2, -0.15) is 0 Å². The van der Waals surface area contributed by atoms with Crippen LogP contribution in [0.5, 0.6) is 0 Å². The molecule has 2 aliphatic heterocycles. The summed E-state index contributed by atoms with van der Waals surface area (Å²) in [4.78, 5) is 27.4. The largest absolute Gasteiger partial charge is 0.304 e. The van der Waals surface area contributed by atoms with Crippen molar-refractivity contribution in [3.05, 3.63) is 95.0 Å². The standard InChI is InChI=1S/C23H17ClN2O4S/c24-17-10-12-18(13-11-17)26-21(27)15-31(29,30)23(26)19-8-4-5-9-20(19)25(22(23)28)14-16-6-2-1-3-7-16/h1-13H,14-15H2. The molecule has 1 fully saturated rings. The maximum atomic E-state index is 13.9. The van der Waals surface area contributed by atoms with Gasteiger partial charge >= 0.3 is 0 Å². The van der Waals surface area contributed by atoms with E-state index in [-0.39, 0.29) is 12.1 Å². The molecule has 31 heavy (non-hydrogen) atoms. The van der Waals surface area contributed by atoms with Gasteiger partial charge in [-0.3, -0.25) is 14.5 Å². The predicted molar refractivity (Wildman–Crippen MR) is 118 cm³/mol. The van der Waals surface area contributed by atoms with Gasteiger partial charge < -0.3 is 4.90 Å². The third kappa shape index (κ3) is 2.73. The highest BCUT2D eigenvalue weighted by molar-refractivity contribution is 7.94. The number of sulfone groups is 1. The molecular formula is C23H17ClN2O4S. The van der Waals surface area contributed by atoms with Gasteiger partial charge in [0.05, 0.1) is 12.2 Å². The molecule has 1 atom stereocenters. The van der Waals surface area contributed by atoms with Gasteiger partial charge in [-0.25, -0.2) is 8.42 Å². The molecule has 2 heterocycles. The number of benzene rings is 3. The van der Waals surface area contributed by atoms with E-state index in [1.807, 2.05) is 30.3 Å². The first-order valence-electron chi connectivity index (χ1n) is 9.62. The Labute approximate surface area is 184 Å². The second-order valence-electron chi connectivity index (χ2n) is 7.50. The highest BCUT2D eigenvalue weighted by Crippen LogP contribution is 2.52. The van der Waals surface area contributed by atoms with Gasteiger partial charge in [-0.1, -0.05) is 60.1 Å². The van der Waals surface area contributed by atoms with Crippen LogP contribution >= 0.6 is 11.6 Å². The second kappa shape index (κ2) is 6.93. The molecule has 3 aromatic rings. The first kappa shape index (κ1) is 19.8. The number of carbonyl (C=O) groups excluding carboxylic acids is 2. The van der Waals surface area contributed by atoms with Crippen molar-refractivity contribution in [2.75, 3.05) is 15.6 Å². The number of carbonyl (C=O) groups is 2. The van der Waals surface area contributed by atoms with Crippen LogP contribution in [0.4, 0.5) is 11.4 Å². The summed E-state index contributed by atoms with van der Waals surface area (Å²) in [6.45, 7) is 0.191. The molecule has 2 amide bonds. The lowest BCUT2D eigenvalue weighted by atomic mass is 10.0. The summed E-state index contributed by atoms with van der Waals surface area (Å²) < 4.78 is 27.0. The van der Waals surface area contributed by atoms with Crippen LogP contribution in [0, 0.1) is 0 Å². The predicted octanol–water partition coefficient (Wildman–Crippen LogP) is 3.50. The van der Waals surface area contributed by atoms with E-state index in [2.05, 4.69) is 0 Å². The summed E-state index contributed by atoms with van der Waals surface area (Å²) in [6, 6.07) is 22.3. The molecule has 156 valence electrons. The lowest BCUT2D eigenvalue weighted by molar-refractivity contribution is -0.123. The number of halogens is 1. The number of para-hydroxylation sites is 1. The number of anilines is 2. The summed E-state index contributed by atoms with van der Waals surface area (Å²) >= 11 is 5.99. The lowest BCUT2D eigenvalue weighted by Crippen LogP contribution is -2.54. The molecule has 0 saturated carbocycles. The number of nitrogens with zero attached hydrogens (tertiary/aromatic N) is 2. The van der Waals surface area contributed by atoms with E-state index in [1.54, 1.807) is 48.5 Å². The van der Waals surface area contributed by atoms with Gasteiger partial charge in [0.15, 0.2) is 9.84 Å². The van der Waals surface area contributed by atoms with Gasteiger partial charge in [-0.15, -0.1) is 0 Å². The van der Waals surface area contributed by atoms with Crippen molar-refractivity contribution in [3.8, 4) is 0 Å². The topological polar surface area (TPSA) is 74.8 Å². The zero-order chi connectivity index (χ0) is 21.8. The molecule has 0 bridgehead atoms. The van der Waals surface area contributed by atoms with Crippen molar-refractivity contribution in [1.82, 2.24) is 0 Å². The molecule has 0 radical (unpaired) electrons. The van der Waals surface area contributed by atoms with Crippen LogP contribution in [0.2, 0.25) is 5.02 Å². The van der Waals surface area contributed by atoms with Crippen molar-refractivity contribution in [2.45, 2.75) is 11.4 Å². The number of rotatable bonds is 3. The van der Waals surface area contributed by atoms with Crippen LogP contribution in [0.3, 0.4) is 0 Å². The van der Waals surface area contributed by atoms with Crippen molar-refractivity contribution in [2.24, 2.45) is 0 Å². The third-order valence-corrected chi connectivity index (χ3v) is 8.05. The van der Waals surface area contributed by atoms with Crippen molar-refractivity contribution in [1.29, 1.82) is 0 Å². The molecule has 1 saturated heterocycles. The van der Waals surface area contributed by atoms with Crippen LogP contribution in [0.25, 0.3) is 0 Å². The highest BCUT2D eigenvalue weighted by atomic mass is 35.5. The molecular weight excluding hydrogens is 436 g/mol. The van der Waals surface area contributed by atoms with Crippen molar-refractivity contribution < 1.29 is 18.0 Å². The molecule has 6 nitrogen and oxygen atoms in total. The molecule has 0 aromatic heterocycles. The first-order valence-corrected chi connectivity index (χ1v) is 11.7. The normalized spacial score (nSPS) is 21.7. The Morgan fingerprint density at radius 3 is 2.23 bits per heavy atom. The van der Waals surface area contributed by atoms with E-state index in [9.17, 15) is 18.0 Å². The SMILES string of the molecule is O=C1CS(=O)(=O)C2(C(=O)N(Cc3ccccc3)c3ccccc32)N1c1ccc(Cl)cc1. The minimum atomic E-state index is -4.18. The maximum Gasteiger partial charge on any atom is 0.274 e. The van der Waals surface area contributed by atoms with E-state index in [1.165, 1.54) is 4.90 Å². The fourth-order valence-corrected chi connectivity index (χ4v) is 6.56. The molecule has 2 aliphatic rings. The Morgan fingerprint density at radius 1 is 0.871 bits per heavy atom. The molecule has 8 heteroatoms. The Hall–Kier alpha value is -3.16. The number of hydrogen-bond acceptors (Lipinski definition) is 4. The third-order valence-electron chi connectivity index (χ3n) is 5.69. The fourth-order valence-electron chi connectivity index (χ4n) is 4.40. The summed E-state index contributed by atoms with van der Waals surface area (Å²) in [5.74, 6) is -2.04. The first-order chi connectivity index (χ1) is 14.9. The summed E-state index contributed by atoms with van der Waals surface area (Å²) in [5, 5.41) is 0.441. The maximum absolute atomic E-state index is 13.9. The van der Waals surface area contributed by atoms with E-state index >= 15 is 0 Å². The van der Waals surface area contributed by atoms with Crippen molar-refractivity contribution >= 4 is 44.6 Å². The Bertz CT molecular complexity index is 1310. The van der Waals surface area contributed by atoms with Gasteiger partial charge in [0.25, 0.3) is 10.8 Å². The Kier molecular flexibility index (Phi) is 4.42. The molecule has 0 aliphatic carbocycles. The van der Waals surface area contributed by atoms with E-state index in [0.717, 1.165) is 10.5 Å². The van der Waals surface area contributed by atoms with Crippen LogP contribution < -0.4 is 9.80 Å². The number of fused-ring (bicyclic) bond motifs is 2. The molecule has 3 aromatic carbocycles. The smallest absolute Gasteiger partial charge is 0.274 e. The van der Waals surface area contributed by atoms with Crippen molar-refractivity contribution in [3.63, 3.8) is 0 Å². The lowest BCUT2D eigenvalue weighted by Gasteiger charge is -2.32. The summed E-state index contributed by atoms with van der Waals surface area (Å²) in [5.41, 5.74) is 1.92. The quantitative estimate of drug-likeness (QED) is 0.609. The average molecular weight is 453 g/mol. The van der Waals surface area contributed by atoms with Crippen LogP contribution in [0.15, 0.2) is 78.9 Å². The molecule has 1 spiro atoms. The zero-order valence-corrected chi connectivity index (χ0v) is 17.8. The highest BCUT2D eigenvalue weighted by Gasteiger charge is 2.69. The van der Waals surface area contributed by atoms with E-state index < -0.39 is 32.3 Å². The zero-order valence-electron chi connectivity index (χ0n) is 16.2. The average Bonchev–Trinajstić information content (AvgIpc) is 3.13. The minimum absolute atomic E-state index is 0.191. The van der Waals surface area contributed by atoms with E-state index in [0.29, 0.717) is 16.4 Å². The van der Waals surface area contributed by atoms with Gasteiger partial charge in [0.1, 0.15) is 5.75 Å². The van der Waals surface area contributed by atoms with Crippen LogP contribution in [-0.2, 0) is 30.8 Å². The van der Waals surface area contributed by atoms with Crippen LogP contribution in [-0.4, -0.2) is 26.0 Å². The van der Waals surface area contributed by atoms with Crippen LogP contribution in [0.1, 0.15) is 11.1 Å². The van der Waals surface area contributed by atoms with Gasteiger partial charge in [0.2, 0.25) is 5.91 Å². The molecule has 1 unspecified atom stereocenters. The fraction of sp³-hybridized carbons (Fsp3) is 0.130. The molecule has 5 rings (SSSR count). The summed E-state index contributed by atoms with van der Waals surface area (Å²) in [7, 11) is -4.18. The molecule has 0 N–H and O–H groups in total. The Balaban J connectivity index is 1.75. The van der Waals surface area contributed by atoms with Gasteiger partial charge in [0, 0.05) is 16.3 Å². The number of amides is 2. The second-order valence-corrected chi connectivity index (χ2v) is 10.0. The minimum Gasteiger partial charge on any atom is -0.304 e. The van der Waals surface area contributed by atoms with Gasteiger partial charge in [-0.05, 0) is 35.9 Å². The summed E-state index contributed by atoms with van der Waals surface area (Å²) in [6.07, 6.45) is 0. The monoisotopic (exact) mass is 452 g/mol. The number of hydrogen-bond donors (Lipinski definition) is 0.